The summed E-state index contributed by atoms with van der Waals surface area (Å²) < 4.78 is 80.8. The first-order chi connectivity index (χ1) is 14.8. The number of benzene rings is 2. The summed E-state index contributed by atoms with van der Waals surface area (Å²) in [6.45, 7) is 1.77. The van der Waals surface area contributed by atoms with E-state index in [2.05, 4.69) is 4.98 Å². The zero-order chi connectivity index (χ0) is 23.6. The second-order valence-corrected chi connectivity index (χ2v) is 8.42. The van der Waals surface area contributed by atoms with Crippen LogP contribution in [0, 0.1) is 6.92 Å². The van der Waals surface area contributed by atoms with Crippen LogP contribution in [-0.2, 0) is 6.18 Å². The highest BCUT2D eigenvalue weighted by Crippen LogP contribution is 2.53. The fourth-order valence-corrected chi connectivity index (χ4v) is 4.91. The largest absolute Gasteiger partial charge is 0.416 e. The van der Waals surface area contributed by atoms with Crippen LogP contribution in [0.5, 0.6) is 0 Å². The SMILES string of the molecule is Cc1cc(C2C(C)c3c(ccc4[nH]c(=O)cc(Cl)c34)N2CC(F)(F)F)cc(C(F)(F)F)c1. The van der Waals surface area contributed by atoms with Crippen LogP contribution >= 0.6 is 11.6 Å². The minimum Gasteiger partial charge on any atom is -0.355 e. The van der Waals surface area contributed by atoms with Crippen molar-refractivity contribution in [3.8, 4) is 0 Å². The van der Waals surface area contributed by atoms with E-state index < -0.39 is 42.0 Å². The highest BCUT2D eigenvalue weighted by atomic mass is 35.5. The fourth-order valence-electron chi connectivity index (χ4n) is 4.61. The Kier molecular flexibility index (Phi) is 5.23. The van der Waals surface area contributed by atoms with Gasteiger partial charge < -0.3 is 9.88 Å². The predicted octanol–water partition coefficient (Wildman–Crippen LogP) is 6.74. The van der Waals surface area contributed by atoms with Gasteiger partial charge >= 0.3 is 12.4 Å². The van der Waals surface area contributed by atoms with Gasteiger partial charge in [-0.15, -0.1) is 0 Å². The van der Waals surface area contributed by atoms with E-state index in [1.165, 1.54) is 25.1 Å². The monoisotopic (exact) mass is 474 g/mol. The van der Waals surface area contributed by atoms with Crippen molar-refractivity contribution in [2.24, 2.45) is 0 Å². The molecule has 0 saturated heterocycles. The van der Waals surface area contributed by atoms with Crippen molar-refractivity contribution < 1.29 is 26.3 Å². The number of aromatic nitrogens is 1. The first-order valence-electron chi connectivity index (χ1n) is 9.64. The molecule has 0 amide bonds. The first kappa shape index (κ1) is 22.5. The molecule has 170 valence electrons. The van der Waals surface area contributed by atoms with Gasteiger partial charge in [0.15, 0.2) is 0 Å². The molecular formula is C22H17ClF6N2O. The van der Waals surface area contributed by atoms with E-state index in [4.69, 9.17) is 11.6 Å². The van der Waals surface area contributed by atoms with Crippen LogP contribution in [0.2, 0.25) is 5.02 Å². The van der Waals surface area contributed by atoms with Gasteiger partial charge in [0.1, 0.15) is 6.54 Å². The van der Waals surface area contributed by atoms with Crippen LogP contribution < -0.4 is 10.5 Å². The lowest BCUT2D eigenvalue weighted by Gasteiger charge is -2.31. The van der Waals surface area contributed by atoms with E-state index in [1.54, 1.807) is 6.92 Å². The second kappa shape index (κ2) is 7.43. The van der Waals surface area contributed by atoms with Crippen molar-refractivity contribution >= 4 is 28.2 Å². The zero-order valence-corrected chi connectivity index (χ0v) is 17.6. The minimum atomic E-state index is -4.64. The Morgan fingerprint density at radius 1 is 1.06 bits per heavy atom. The predicted molar refractivity (Wildman–Crippen MR) is 110 cm³/mol. The number of halogens is 7. The average Bonchev–Trinajstić information content (AvgIpc) is 2.90. The molecule has 1 N–H and O–H groups in total. The normalized spacial score (nSPS) is 19.0. The molecule has 1 aliphatic rings. The van der Waals surface area contributed by atoms with Crippen molar-refractivity contribution in [3.05, 3.63) is 74.0 Å². The molecule has 2 aromatic carbocycles. The number of hydrogen-bond donors (Lipinski definition) is 1. The van der Waals surface area contributed by atoms with Crippen molar-refractivity contribution in [1.82, 2.24) is 4.98 Å². The smallest absolute Gasteiger partial charge is 0.355 e. The summed E-state index contributed by atoms with van der Waals surface area (Å²) in [5.41, 5.74) is 0.0432. The number of anilines is 1. The molecule has 0 aliphatic carbocycles. The average molecular weight is 475 g/mol. The van der Waals surface area contributed by atoms with Gasteiger partial charge in [-0.25, -0.2) is 0 Å². The van der Waals surface area contributed by atoms with Crippen LogP contribution in [0.4, 0.5) is 32.0 Å². The van der Waals surface area contributed by atoms with Crippen LogP contribution in [-0.4, -0.2) is 17.7 Å². The maximum absolute atomic E-state index is 13.5. The first-order valence-corrected chi connectivity index (χ1v) is 10.0. The zero-order valence-electron chi connectivity index (χ0n) is 16.8. The van der Waals surface area contributed by atoms with E-state index in [-0.39, 0.29) is 21.8 Å². The summed E-state index contributed by atoms with van der Waals surface area (Å²) in [7, 11) is 0. The molecule has 0 fully saturated rings. The van der Waals surface area contributed by atoms with Gasteiger partial charge in [-0.1, -0.05) is 30.2 Å². The number of fused-ring (bicyclic) bond motifs is 3. The molecule has 0 radical (unpaired) electrons. The number of nitrogens with zero attached hydrogens (tertiary/aromatic N) is 1. The number of rotatable bonds is 2. The lowest BCUT2D eigenvalue weighted by Crippen LogP contribution is -2.35. The molecule has 4 rings (SSSR count). The Hall–Kier alpha value is -2.68. The number of hydrogen-bond acceptors (Lipinski definition) is 2. The van der Waals surface area contributed by atoms with E-state index in [1.807, 2.05) is 0 Å². The van der Waals surface area contributed by atoms with Crippen molar-refractivity contribution in [1.29, 1.82) is 0 Å². The topological polar surface area (TPSA) is 36.1 Å². The molecule has 0 bridgehead atoms. The van der Waals surface area contributed by atoms with E-state index in [9.17, 15) is 31.1 Å². The molecule has 3 nitrogen and oxygen atoms in total. The number of nitrogens with one attached hydrogen (secondary N) is 1. The van der Waals surface area contributed by atoms with Crippen molar-refractivity contribution in [2.75, 3.05) is 11.4 Å². The maximum atomic E-state index is 13.5. The fraction of sp³-hybridized carbons (Fsp3) is 0.318. The van der Waals surface area contributed by atoms with Gasteiger partial charge in [0.25, 0.3) is 0 Å². The van der Waals surface area contributed by atoms with Crippen molar-refractivity contribution in [3.63, 3.8) is 0 Å². The number of aryl methyl sites for hydroxylation is 1. The van der Waals surface area contributed by atoms with Gasteiger partial charge in [-0.3, -0.25) is 4.79 Å². The quantitative estimate of drug-likeness (QED) is 0.418. The molecule has 1 aromatic heterocycles. The molecule has 0 saturated carbocycles. The molecule has 0 spiro atoms. The van der Waals surface area contributed by atoms with Crippen LogP contribution in [0.3, 0.4) is 0 Å². The van der Waals surface area contributed by atoms with E-state index >= 15 is 0 Å². The standard InChI is InChI=1S/C22H17ClF6N2O/c1-10-5-12(7-13(6-10)22(27,28)29)20-11(2)18-16(31(20)9-21(24,25)26)4-3-15-19(18)14(23)8-17(32)30-15/h3-8,11,20H,9H2,1-2H3,(H,30,32). The van der Waals surface area contributed by atoms with E-state index in [0.717, 1.165) is 23.1 Å². The summed E-state index contributed by atoms with van der Waals surface area (Å²) in [4.78, 5) is 15.5. The highest BCUT2D eigenvalue weighted by Gasteiger charge is 2.44. The third kappa shape index (κ3) is 3.94. The van der Waals surface area contributed by atoms with Crippen LogP contribution in [0.25, 0.3) is 10.9 Å². The molecule has 3 aromatic rings. The van der Waals surface area contributed by atoms with Crippen LogP contribution in [0.1, 0.15) is 41.1 Å². The lowest BCUT2D eigenvalue weighted by molar-refractivity contribution is -0.137. The summed E-state index contributed by atoms with van der Waals surface area (Å²) in [6, 6.07) is 6.34. The third-order valence-corrected chi connectivity index (χ3v) is 5.97. The van der Waals surface area contributed by atoms with Gasteiger partial charge in [0.05, 0.1) is 22.1 Å². The Labute approximate surface area is 183 Å². The Bertz CT molecular complexity index is 1260. The number of H-pyrrole nitrogens is 1. The summed E-state index contributed by atoms with van der Waals surface area (Å²) in [5, 5.41) is 0.454. The molecule has 32 heavy (non-hydrogen) atoms. The van der Waals surface area contributed by atoms with Gasteiger partial charge in [-0.2, -0.15) is 26.3 Å². The van der Waals surface area contributed by atoms with Crippen LogP contribution in [0.15, 0.2) is 41.2 Å². The third-order valence-electron chi connectivity index (χ3n) is 5.67. The summed E-state index contributed by atoms with van der Waals surface area (Å²) in [6.07, 6.45) is -9.24. The Morgan fingerprint density at radius 3 is 2.38 bits per heavy atom. The van der Waals surface area contributed by atoms with E-state index in [0.29, 0.717) is 16.5 Å². The summed E-state index contributed by atoms with van der Waals surface area (Å²) in [5.74, 6) is -0.637. The van der Waals surface area contributed by atoms with Crippen molar-refractivity contribution in [2.45, 2.75) is 38.2 Å². The molecule has 1 aliphatic heterocycles. The molecule has 2 atom stereocenters. The minimum absolute atomic E-state index is 0.0697. The molecule has 10 heteroatoms. The van der Waals surface area contributed by atoms with Gasteiger partial charge in [0, 0.05) is 23.1 Å². The Balaban J connectivity index is 1.97. The number of aromatic amines is 1. The maximum Gasteiger partial charge on any atom is 0.416 e. The highest BCUT2D eigenvalue weighted by molar-refractivity contribution is 6.35. The molecule has 2 heterocycles. The molecule has 2 unspecified atom stereocenters. The Morgan fingerprint density at radius 2 is 1.75 bits per heavy atom. The second-order valence-electron chi connectivity index (χ2n) is 8.01. The number of pyridine rings is 1. The van der Waals surface area contributed by atoms with Gasteiger partial charge in [-0.05, 0) is 42.3 Å². The summed E-state index contributed by atoms with van der Waals surface area (Å²) >= 11 is 6.29. The van der Waals surface area contributed by atoms with Gasteiger partial charge in [0.2, 0.25) is 5.56 Å². The molecular weight excluding hydrogens is 458 g/mol. The number of alkyl halides is 6. The lowest BCUT2D eigenvalue weighted by atomic mass is 9.88.